The van der Waals surface area contributed by atoms with Gasteiger partial charge in [-0.3, -0.25) is 4.79 Å². The summed E-state index contributed by atoms with van der Waals surface area (Å²) in [5, 5.41) is 3.03. The van der Waals surface area contributed by atoms with Crippen LogP contribution >= 0.6 is 0 Å². The number of amides is 1. The summed E-state index contributed by atoms with van der Waals surface area (Å²) in [7, 11) is 0.122. The van der Waals surface area contributed by atoms with Crippen molar-refractivity contribution in [3.05, 3.63) is 54.1 Å². The third-order valence-corrected chi connectivity index (χ3v) is 8.71. The number of piperazine rings is 1. The average Bonchev–Trinajstić information content (AvgIpc) is 2.88. The molecule has 1 amide bonds. The van der Waals surface area contributed by atoms with Gasteiger partial charge in [0.1, 0.15) is 5.75 Å². The standard InChI is InChI=1S/C25H34N4O4S/c1-27-15-17-28(18-16-27)22-5-3-20(4-6-22)19-26-25(30)21-11-13-29(14-12-21)34(31,32)24-9-7-23(33-2)8-10-24/h3-10,21H,11-19H2,1-2H3,(H,26,30). The third kappa shape index (κ3) is 5.71. The van der Waals surface area contributed by atoms with Crippen LogP contribution < -0.4 is 15.0 Å². The number of hydrogen-bond acceptors (Lipinski definition) is 6. The molecule has 184 valence electrons. The van der Waals surface area contributed by atoms with E-state index in [0.29, 0.717) is 38.2 Å². The molecule has 2 aliphatic heterocycles. The van der Waals surface area contributed by atoms with Crippen molar-refractivity contribution in [1.82, 2.24) is 14.5 Å². The summed E-state index contributed by atoms with van der Waals surface area (Å²) in [6.45, 7) is 5.35. The van der Waals surface area contributed by atoms with Crippen LogP contribution in [-0.4, -0.2) is 77.0 Å². The molecule has 0 atom stereocenters. The average molecular weight is 487 g/mol. The molecule has 0 spiro atoms. The van der Waals surface area contributed by atoms with Crippen LogP contribution in [0.3, 0.4) is 0 Å². The predicted molar refractivity (Wildman–Crippen MR) is 132 cm³/mol. The number of anilines is 1. The van der Waals surface area contributed by atoms with Crippen molar-refractivity contribution < 1.29 is 17.9 Å². The van der Waals surface area contributed by atoms with Gasteiger partial charge in [-0.05, 0) is 61.9 Å². The number of sulfonamides is 1. The SMILES string of the molecule is COc1ccc(S(=O)(=O)N2CCC(C(=O)NCc3ccc(N4CCN(C)CC4)cc3)CC2)cc1. The van der Waals surface area contributed by atoms with Gasteiger partial charge in [0, 0.05) is 57.4 Å². The van der Waals surface area contributed by atoms with Crippen molar-refractivity contribution >= 4 is 21.6 Å². The summed E-state index contributed by atoms with van der Waals surface area (Å²) in [5.74, 6) is 0.430. The zero-order valence-electron chi connectivity index (χ0n) is 19.9. The summed E-state index contributed by atoms with van der Waals surface area (Å²) >= 11 is 0. The van der Waals surface area contributed by atoms with Crippen LogP contribution in [0, 0.1) is 5.92 Å². The van der Waals surface area contributed by atoms with Crippen LogP contribution in [0.15, 0.2) is 53.4 Å². The lowest BCUT2D eigenvalue weighted by Crippen LogP contribution is -2.44. The first-order valence-corrected chi connectivity index (χ1v) is 13.2. The number of piperidine rings is 1. The second-order valence-corrected chi connectivity index (χ2v) is 11.0. The van der Waals surface area contributed by atoms with E-state index >= 15 is 0 Å². The van der Waals surface area contributed by atoms with Crippen LogP contribution in [0.1, 0.15) is 18.4 Å². The van der Waals surface area contributed by atoms with Gasteiger partial charge in [-0.2, -0.15) is 4.31 Å². The first-order chi connectivity index (χ1) is 16.4. The summed E-state index contributed by atoms with van der Waals surface area (Å²) in [6.07, 6.45) is 1.03. The Morgan fingerprint density at radius 3 is 2.15 bits per heavy atom. The summed E-state index contributed by atoms with van der Waals surface area (Å²) in [5.41, 5.74) is 2.28. The van der Waals surface area contributed by atoms with Crippen molar-refractivity contribution in [2.45, 2.75) is 24.3 Å². The molecule has 1 N–H and O–H groups in total. The molecule has 2 aliphatic rings. The maximum absolute atomic E-state index is 12.9. The van der Waals surface area contributed by atoms with Gasteiger partial charge in [0.25, 0.3) is 0 Å². The van der Waals surface area contributed by atoms with Crippen LogP contribution in [-0.2, 0) is 21.4 Å². The van der Waals surface area contributed by atoms with E-state index < -0.39 is 10.0 Å². The number of ether oxygens (including phenoxy) is 1. The van der Waals surface area contributed by atoms with Gasteiger partial charge in [-0.1, -0.05) is 12.1 Å². The molecular formula is C25H34N4O4S. The first-order valence-electron chi connectivity index (χ1n) is 11.8. The van der Waals surface area contributed by atoms with Gasteiger partial charge in [0.15, 0.2) is 0 Å². The molecule has 0 aliphatic carbocycles. The second-order valence-electron chi connectivity index (χ2n) is 9.03. The number of methoxy groups -OCH3 is 1. The van der Waals surface area contributed by atoms with Crippen molar-refractivity contribution in [3.63, 3.8) is 0 Å². The van der Waals surface area contributed by atoms with E-state index in [-0.39, 0.29) is 16.7 Å². The number of rotatable bonds is 7. The summed E-state index contributed by atoms with van der Waals surface area (Å²) < 4.78 is 32.4. The van der Waals surface area contributed by atoms with Crippen molar-refractivity contribution in [3.8, 4) is 5.75 Å². The molecule has 34 heavy (non-hydrogen) atoms. The molecule has 0 aromatic heterocycles. The van der Waals surface area contributed by atoms with Crippen LogP contribution in [0.4, 0.5) is 5.69 Å². The predicted octanol–water partition coefficient (Wildman–Crippen LogP) is 2.16. The molecule has 4 rings (SSSR count). The Balaban J connectivity index is 1.25. The van der Waals surface area contributed by atoms with E-state index in [1.165, 1.54) is 9.99 Å². The first kappa shape index (κ1) is 24.5. The van der Waals surface area contributed by atoms with Gasteiger partial charge in [0.05, 0.1) is 12.0 Å². The highest BCUT2D eigenvalue weighted by Gasteiger charge is 2.32. The Labute approximate surface area is 202 Å². The molecule has 2 fully saturated rings. The quantitative estimate of drug-likeness (QED) is 0.646. The molecule has 8 nitrogen and oxygen atoms in total. The molecule has 2 heterocycles. The van der Waals surface area contributed by atoms with E-state index in [1.807, 2.05) is 0 Å². The third-order valence-electron chi connectivity index (χ3n) is 6.79. The summed E-state index contributed by atoms with van der Waals surface area (Å²) in [6, 6.07) is 14.8. The molecule has 0 unspecified atom stereocenters. The van der Waals surface area contributed by atoms with Crippen molar-refractivity contribution in [1.29, 1.82) is 0 Å². The molecule has 9 heteroatoms. The smallest absolute Gasteiger partial charge is 0.243 e. The molecular weight excluding hydrogens is 452 g/mol. The fourth-order valence-electron chi connectivity index (χ4n) is 4.48. The van der Waals surface area contributed by atoms with E-state index in [9.17, 15) is 13.2 Å². The Morgan fingerprint density at radius 1 is 0.941 bits per heavy atom. The van der Waals surface area contributed by atoms with E-state index in [4.69, 9.17) is 4.74 Å². The zero-order valence-corrected chi connectivity index (χ0v) is 20.8. The summed E-state index contributed by atoms with van der Waals surface area (Å²) in [4.78, 5) is 17.7. The second kappa shape index (κ2) is 10.8. The van der Waals surface area contributed by atoms with E-state index in [1.54, 1.807) is 31.4 Å². The minimum Gasteiger partial charge on any atom is -0.497 e. The van der Waals surface area contributed by atoms with Gasteiger partial charge < -0.3 is 19.9 Å². The van der Waals surface area contributed by atoms with Gasteiger partial charge in [-0.15, -0.1) is 0 Å². The molecule has 0 radical (unpaired) electrons. The maximum Gasteiger partial charge on any atom is 0.243 e. The van der Waals surface area contributed by atoms with Crippen LogP contribution in [0.25, 0.3) is 0 Å². The molecule has 0 bridgehead atoms. The Hall–Kier alpha value is -2.62. The number of carbonyl (C=O) groups is 1. The lowest BCUT2D eigenvalue weighted by Gasteiger charge is -2.34. The largest absolute Gasteiger partial charge is 0.497 e. The number of benzene rings is 2. The Bertz CT molecular complexity index is 1060. The monoisotopic (exact) mass is 486 g/mol. The highest BCUT2D eigenvalue weighted by Crippen LogP contribution is 2.25. The van der Waals surface area contributed by atoms with Crippen molar-refractivity contribution in [2.75, 3.05) is 58.3 Å². The van der Waals surface area contributed by atoms with Gasteiger partial charge in [-0.25, -0.2) is 8.42 Å². The molecule has 2 aromatic rings. The fraction of sp³-hybridized carbons (Fsp3) is 0.480. The highest BCUT2D eigenvalue weighted by atomic mass is 32.2. The minimum absolute atomic E-state index is 0.00959. The van der Waals surface area contributed by atoms with Crippen LogP contribution in [0.2, 0.25) is 0 Å². The number of carbonyl (C=O) groups excluding carboxylic acids is 1. The Morgan fingerprint density at radius 2 is 1.56 bits per heavy atom. The molecule has 0 saturated carbocycles. The van der Waals surface area contributed by atoms with Crippen LogP contribution in [0.5, 0.6) is 5.75 Å². The fourth-order valence-corrected chi connectivity index (χ4v) is 5.95. The lowest BCUT2D eigenvalue weighted by atomic mass is 9.97. The van der Waals surface area contributed by atoms with Gasteiger partial charge >= 0.3 is 0 Å². The number of likely N-dealkylation sites (N-methyl/N-ethyl adjacent to an activating group) is 1. The minimum atomic E-state index is -3.57. The van der Waals surface area contributed by atoms with Crippen molar-refractivity contribution in [2.24, 2.45) is 5.92 Å². The number of nitrogens with zero attached hydrogens (tertiary/aromatic N) is 3. The van der Waals surface area contributed by atoms with Gasteiger partial charge in [0.2, 0.25) is 15.9 Å². The molecule has 2 aromatic carbocycles. The normalized spacial score (nSPS) is 18.6. The highest BCUT2D eigenvalue weighted by molar-refractivity contribution is 7.89. The maximum atomic E-state index is 12.9. The lowest BCUT2D eigenvalue weighted by molar-refractivity contribution is -0.126. The molecule has 2 saturated heterocycles. The topological polar surface area (TPSA) is 82.2 Å². The zero-order chi connectivity index (χ0) is 24.1. The van der Waals surface area contributed by atoms with E-state index in [0.717, 1.165) is 31.7 Å². The number of nitrogens with one attached hydrogen (secondary N) is 1. The Kier molecular flexibility index (Phi) is 7.75. The number of hydrogen-bond donors (Lipinski definition) is 1. The van der Waals surface area contributed by atoms with E-state index in [2.05, 4.69) is 46.4 Å².